The number of rotatable bonds is 15. The number of hydrogen-bond donors (Lipinski definition) is 2. The van der Waals surface area contributed by atoms with E-state index in [4.69, 9.17) is 4.74 Å². The fourth-order valence-electron chi connectivity index (χ4n) is 5.64. The van der Waals surface area contributed by atoms with Crippen molar-refractivity contribution in [2.45, 2.75) is 64.7 Å². The van der Waals surface area contributed by atoms with E-state index in [1.807, 2.05) is 74.5 Å². The molecule has 44 heavy (non-hydrogen) atoms. The lowest BCUT2D eigenvalue weighted by atomic mass is 9.94. The van der Waals surface area contributed by atoms with E-state index in [2.05, 4.69) is 16.5 Å². The summed E-state index contributed by atoms with van der Waals surface area (Å²) in [6.45, 7) is 9.94. The molecule has 0 saturated heterocycles. The van der Waals surface area contributed by atoms with Gasteiger partial charge < -0.3 is 19.7 Å². The molecule has 2 atom stereocenters. The normalized spacial score (nSPS) is 12.6. The first-order valence-electron chi connectivity index (χ1n) is 15.0. The maximum absolute atomic E-state index is 14.2. The minimum absolute atomic E-state index is 0.0149. The van der Waals surface area contributed by atoms with Crippen LogP contribution in [0.15, 0.2) is 97.6 Å². The number of halogens is 1. The fourth-order valence-corrected chi connectivity index (χ4v) is 5.64. The van der Waals surface area contributed by atoms with E-state index in [0.29, 0.717) is 24.2 Å². The number of aliphatic hydroxyl groups is 1. The molecular formula is C37H41FN2O4. The number of nitrogens with zero attached hydrogens (tertiary/aromatic N) is 1. The second-order valence-corrected chi connectivity index (χ2v) is 11.3. The van der Waals surface area contributed by atoms with Crippen molar-refractivity contribution < 1.29 is 23.8 Å². The quantitative estimate of drug-likeness (QED) is 0.136. The summed E-state index contributed by atoms with van der Waals surface area (Å²) in [5.74, 6) is -0.688. The Morgan fingerprint density at radius 2 is 1.61 bits per heavy atom. The summed E-state index contributed by atoms with van der Waals surface area (Å²) in [5.41, 5.74) is 5.14. The Hall–Kier alpha value is -4.33. The van der Waals surface area contributed by atoms with E-state index in [0.717, 1.165) is 28.1 Å². The van der Waals surface area contributed by atoms with E-state index in [9.17, 15) is 19.1 Å². The van der Waals surface area contributed by atoms with Crippen LogP contribution in [0.3, 0.4) is 0 Å². The smallest absolute Gasteiger partial charge is 0.258 e. The maximum Gasteiger partial charge on any atom is 0.258 e. The summed E-state index contributed by atoms with van der Waals surface area (Å²) in [4.78, 5) is 26.0. The van der Waals surface area contributed by atoms with Crippen LogP contribution in [-0.4, -0.2) is 40.2 Å². The number of para-hydroxylation sites is 1. The molecule has 0 radical (unpaired) electrons. The Kier molecular flexibility index (Phi) is 11.4. The molecule has 0 spiro atoms. The predicted molar refractivity (Wildman–Crippen MR) is 174 cm³/mol. The molecule has 3 aromatic carbocycles. The van der Waals surface area contributed by atoms with E-state index < -0.39 is 12.2 Å². The molecule has 0 bridgehead atoms. The molecule has 1 aromatic heterocycles. The van der Waals surface area contributed by atoms with Crippen LogP contribution in [0.1, 0.15) is 62.0 Å². The molecule has 1 heterocycles. The lowest BCUT2D eigenvalue weighted by Gasteiger charge is -2.22. The van der Waals surface area contributed by atoms with Gasteiger partial charge in [0.1, 0.15) is 11.6 Å². The van der Waals surface area contributed by atoms with Gasteiger partial charge in [-0.2, -0.15) is 0 Å². The third-order valence-corrected chi connectivity index (χ3v) is 7.48. The second kappa shape index (κ2) is 15.4. The van der Waals surface area contributed by atoms with Gasteiger partial charge in [0.25, 0.3) is 5.91 Å². The first kappa shape index (κ1) is 32.6. The van der Waals surface area contributed by atoms with Gasteiger partial charge in [-0.05, 0) is 66.8 Å². The number of benzene rings is 3. The highest BCUT2D eigenvalue weighted by molar-refractivity contribution is 6.12. The van der Waals surface area contributed by atoms with E-state index in [1.165, 1.54) is 19.1 Å². The zero-order valence-corrected chi connectivity index (χ0v) is 25.6. The molecule has 0 unspecified atom stereocenters. The molecule has 6 nitrogen and oxygen atoms in total. The SMILES string of the molecule is C=CCO[C@@H](CC(C)=O)C[C@H](O)CCn1c(-c2ccc(F)cc2)c(-c2ccccc2)c(C(=O)Nc2ccccc2)c1C(C)C. The number of ketones is 1. The van der Waals surface area contributed by atoms with Crippen LogP contribution >= 0.6 is 0 Å². The molecule has 0 aliphatic carbocycles. The number of nitrogens with one attached hydrogen (secondary N) is 1. The number of carbonyl (C=O) groups is 2. The average Bonchev–Trinajstić information content (AvgIpc) is 3.35. The van der Waals surface area contributed by atoms with Gasteiger partial charge in [-0.25, -0.2) is 4.39 Å². The maximum atomic E-state index is 14.2. The fraction of sp³-hybridized carbons (Fsp3) is 0.297. The van der Waals surface area contributed by atoms with Gasteiger partial charge in [-0.15, -0.1) is 6.58 Å². The Balaban J connectivity index is 1.85. The minimum atomic E-state index is -0.769. The summed E-state index contributed by atoms with van der Waals surface area (Å²) >= 11 is 0. The predicted octanol–water partition coefficient (Wildman–Crippen LogP) is 8.03. The number of hydrogen-bond acceptors (Lipinski definition) is 4. The van der Waals surface area contributed by atoms with Gasteiger partial charge in [-0.1, -0.05) is 68.5 Å². The van der Waals surface area contributed by atoms with Crippen LogP contribution in [0.5, 0.6) is 0 Å². The van der Waals surface area contributed by atoms with E-state index in [1.54, 1.807) is 18.2 Å². The second-order valence-electron chi connectivity index (χ2n) is 11.3. The highest BCUT2D eigenvalue weighted by Gasteiger charge is 2.31. The molecule has 4 aromatic rings. The van der Waals surface area contributed by atoms with Crippen LogP contribution in [0, 0.1) is 5.82 Å². The first-order chi connectivity index (χ1) is 21.2. The lowest BCUT2D eigenvalue weighted by molar-refractivity contribution is -0.120. The van der Waals surface area contributed by atoms with Crippen molar-refractivity contribution >= 4 is 17.4 Å². The summed E-state index contributed by atoms with van der Waals surface area (Å²) in [6.07, 6.45) is 1.25. The molecule has 230 valence electrons. The Morgan fingerprint density at radius 3 is 2.20 bits per heavy atom. The van der Waals surface area contributed by atoms with Crippen LogP contribution in [0.4, 0.5) is 10.1 Å². The standard InChI is InChI=1S/C37H41FN2O4/c1-5-22-44-32(23-26(4)41)24-31(42)20-21-40-35(25(2)3)34(37(43)39-30-14-10-7-11-15-30)33(27-12-8-6-9-13-27)36(40)28-16-18-29(38)19-17-28/h5-19,25,31-32,42H,1,20-24H2,2-4H3,(H,39,43)/t31-,32+/m1/s1. The van der Waals surface area contributed by atoms with Crippen molar-refractivity contribution in [3.8, 4) is 22.4 Å². The average molecular weight is 597 g/mol. The zero-order valence-electron chi connectivity index (χ0n) is 25.6. The molecule has 4 rings (SSSR count). The number of ether oxygens (including phenoxy) is 1. The number of Topliss-reactive ketones (excluding diaryl/α,β-unsaturated/α-hetero) is 1. The molecule has 0 aliphatic heterocycles. The summed E-state index contributed by atoms with van der Waals surface area (Å²) < 4.78 is 22.0. The number of aliphatic hydroxyl groups excluding tert-OH is 1. The largest absolute Gasteiger partial charge is 0.393 e. The number of anilines is 1. The van der Waals surface area contributed by atoms with Crippen LogP contribution in [0.25, 0.3) is 22.4 Å². The topological polar surface area (TPSA) is 80.6 Å². The number of aromatic nitrogens is 1. The molecular weight excluding hydrogens is 555 g/mol. The molecule has 0 fully saturated rings. The van der Waals surface area contributed by atoms with Crippen LogP contribution in [-0.2, 0) is 16.1 Å². The molecule has 0 saturated carbocycles. The van der Waals surface area contributed by atoms with Crippen LogP contribution in [0.2, 0.25) is 0 Å². The molecule has 2 N–H and O–H groups in total. The summed E-state index contributed by atoms with van der Waals surface area (Å²) in [7, 11) is 0. The molecule has 7 heteroatoms. The number of amides is 1. The summed E-state index contributed by atoms with van der Waals surface area (Å²) in [5, 5.41) is 14.2. The Labute approximate surface area is 259 Å². The van der Waals surface area contributed by atoms with Crippen LogP contribution < -0.4 is 5.32 Å². The van der Waals surface area contributed by atoms with E-state index >= 15 is 0 Å². The monoisotopic (exact) mass is 596 g/mol. The minimum Gasteiger partial charge on any atom is -0.393 e. The van der Waals surface area contributed by atoms with Crippen molar-refractivity contribution in [1.82, 2.24) is 4.57 Å². The highest BCUT2D eigenvalue weighted by Crippen LogP contribution is 2.42. The van der Waals surface area contributed by atoms with Crippen molar-refractivity contribution in [3.05, 3.63) is 115 Å². The van der Waals surface area contributed by atoms with Gasteiger partial charge >= 0.3 is 0 Å². The van der Waals surface area contributed by atoms with Crippen molar-refractivity contribution in [2.24, 2.45) is 0 Å². The first-order valence-corrected chi connectivity index (χ1v) is 15.0. The van der Waals surface area contributed by atoms with Crippen molar-refractivity contribution in [3.63, 3.8) is 0 Å². The van der Waals surface area contributed by atoms with Gasteiger partial charge in [0.2, 0.25) is 0 Å². The lowest BCUT2D eigenvalue weighted by Crippen LogP contribution is -2.25. The summed E-state index contributed by atoms with van der Waals surface area (Å²) in [6, 6.07) is 25.3. The van der Waals surface area contributed by atoms with Crippen molar-refractivity contribution in [2.75, 3.05) is 11.9 Å². The Bertz CT molecular complexity index is 1550. The van der Waals surface area contributed by atoms with Gasteiger partial charge in [0.15, 0.2) is 0 Å². The third-order valence-electron chi connectivity index (χ3n) is 7.48. The van der Waals surface area contributed by atoms with Gasteiger partial charge in [-0.3, -0.25) is 9.59 Å². The van der Waals surface area contributed by atoms with Gasteiger partial charge in [0, 0.05) is 36.3 Å². The highest BCUT2D eigenvalue weighted by atomic mass is 19.1. The van der Waals surface area contributed by atoms with Gasteiger partial charge in [0.05, 0.1) is 30.1 Å². The van der Waals surface area contributed by atoms with E-state index in [-0.39, 0.29) is 42.9 Å². The molecule has 1 amide bonds. The molecule has 0 aliphatic rings. The van der Waals surface area contributed by atoms with Crippen molar-refractivity contribution in [1.29, 1.82) is 0 Å². The number of carbonyl (C=O) groups excluding carboxylic acids is 2. The third kappa shape index (κ3) is 8.18. The zero-order chi connectivity index (χ0) is 31.6. The Morgan fingerprint density at radius 1 is 0.977 bits per heavy atom.